The van der Waals surface area contributed by atoms with Gasteiger partial charge in [0.15, 0.2) is 0 Å². The lowest BCUT2D eigenvalue weighted by molar-refractivity contribution is 0.0734. The largest absolute Gasteiger partial charge is 0.423 e. The van der Waals surface area contributed by atoms with Crippen molar-refractivity contribution < 1.29 is 17.9 Å². The van der Waals surface area contributed by atoms with E-state index in [1.54, 1.807) is 12.1 Å². The molecular formula is C21H22N2O4S. The van der Waals surface area contributed by atoms with Crippen molar-refractivity contribution in [3.05, 3.63) is 59.7 Å². The van der Waals surface area contributed by atoms with Crippen LogP contribution in [0.15, 0.2) is 53.4 Å². The molecule has 1 aliphatic rings. The first-order valence-corrected chi connectivity index (χ1v) is 10.6. The van der Waals surface area contributed by atoms with Gasteiger partial charge in [-0.05, 0) is 66.8 Å². The normalized spacial score (nSPS) is 20.3. The number of hydrogen-bond donors (Lipinski definition) is 0. The third-order valence-electron chi connectivity index (χ3n) is 4.76. The third kappa shape index (κ3) is 4.41. The van der Waals surface area contributed by atoms with Gasteiger partial charge < -0.3 is 4.74 Å². The number of piperidine rings is 1. The van der Waals surface area contributed by atoms with Gasteiger partial charge in [0.05, 0.1) is 22.1 Å². The van der Waals surface area contributed by atoms with Crippen molar-refractivity contribution in [1.29, 1.82) is 5.26 Å². The second-order valence-electron chi connectivity index (χ2n) is 7.32. The number of esters is 1. The van der Waals surface area contributed by atoms with Gasteiger partial charge >= 0.3 is 5.97 Å². The molecule has 0 bridgehead atoms. The molecule has 7 heteroatoms. The lowest BCUT2D eigenvalue weighted by Crippen LogP contribution is -2.42. The summed E-state index contributed by atoms with van der Waals surface area (Å²) in [5, 5.41) is 8.79. The Balaban J connectivity index is 1.73. The molecule has 0 aromatic heterocycles. The van der Waals surface area contributed by atoms with Gasteiger partial charge in [0.25, 0.3) is 0 Å². The van der Waals surface area contributed by atoms with Crippen LogP contribution in [0.4, 0.5) is 0 Å². The molecule has 0 radical (unpaired) electrons. The molecule has 2 aromatic carbocycles. The van der Waals surface area contributed by atoms with E-state index < -0.39 is 16.0 Å². The molecule has 1 heterocycles. The number of nitrogens with zero attached hydrogens (tertiary/aromatic N) is 2. The summed E-state index contributed by atoms with van der Waals surface area (Å²) in [6.45, 7) is 5.13. The zero-order valence-corrected chi connectivity index (χ0v) is 16.6. The van der Waals surface area contributed by atoms with E-state index in [0.717, 1.165) is 6.42 Å². The van der Waals surface area contributed by atoms with Crippen LogP contribution < -0.4 is 4.74 Å². The van der Waals surface area contributed by atoms with Crippen LogP contribution in [-0.2, 0) is 10.0 Å². The second kappa shape index (κ2) is 8.13. The summed E-state index contributed by atoms with van der Waals surface area (Å²) in [6.07, 6.45) is 1.02. The summed E-state index contributed by atoms with van der Waals surface area (Å²) in [4.78, 5) is 12.4. The lowest BCUT2D eigenvalue weighted by atomic mass is 9.94. The summed E-state index contributed by atoms with van der Waals surface area (Å²) < 4.78 is 32.6. The van der Waals surface area contributed by atoms with Crippen molar-refractivity contribution >= 4 is 16.0 Å². The lowest BCUT2D eigenvalue weighted by Gasteiger charge is -2.34. The van der Waals surface area contributed by atoms with Crippen LogP contribution in [0.5, 0.6) is 5.75 Å². The number of sulfonamides is 1. The summed E-state index contributed by atoms with van der Waals surface area (Å²) >= 11 is 0. The highest BCUT2D eigenvalue weighted by Crippen LogP contribution is 2.27. The number of carbonyl (C=O) groups excluding carboxylic acids is 1. The molecule has 0 aliphatic carbocycles. The molecule has 3 rings (SSSR count). The Morgan fingerprint density at radius 3 is 2.14 bits per heavy atom. The molecule has 0 N–H and O–H groups in total. The molecule has 2 aromatic rings. The van der Waals surface area contributed by atoms with E-state index in [0.29, 0.717) is 36.2 Å². The highest BCUT2D eigenvalue weighted by Gasteiger charge is 2.31. The van der Waals surface area contributed by atoms with Crippen molar-refractivity contribution in [1.82, 2.24) is 4.31 Å². The van der Waals surface area contributed by atoms with E-state index >= 15 is 0 Å². The Kier molecular flexibility index (Phi) is 5.82. The minimum absolute atomic E-state index is 0.170. The number of benzene rings is 2. The highest BCUT2D eigenvalue weighted by molar-refractivity contribution is 7.89. The molecular weight excluding hydrogens is 376 g/mol. The fourth-order valence-corrected chi connectivity index (χ4v) is 5.16. The number of hydrogen-bond acceptors (Lipinski definition) is 5. The molecule has 2 atom stereocenters. The number of ether oxygens (including phenoxy) is 1. The smallest absolute Gasteiger partial charge is 0.343 e. The Labute approximate surface area is 165 Å². The first kappa shape index (κ1) is 20.1. The summed E-state index contributed by atoms with van der Waals surface area (Å²) in [5.74, 6) is 0.367. The fraction of sp³-hybridized carbons (Fsp3) is 0.333. The molecule has 28 heavy (non-hydrogen) atoms. The molecule has 1 aliphatic heterocycles. The van der Waals surface area contributed by atoms with Crippen molar-refractivity contribution in [2.24, 2.45) is 11.8 Å². The standard InChI is InChI=1S/C21H22N2O4S/c1-15-11-16(2)14-23(13-15)28(25,26)20-9-5-18(6-10-20)21(24)27-19-7-3-17(12-22)4-8-19/h3-10,15-16H,11,13-14H2,1-2H3/t15-,16-/m0/s1. The van der Waals surface area contributed by atoms with E-state index in [1.165, 1.54) is 40.7 Å². The second-order valence-corrected chi connectivity index (χ2v) is 9.26. The topological polar surface area (TPSA) is 87.5 Å². The van der Waals surface area contributed by atoms with E-state index in [-0.39, 0.29) is 10.5 Å². The van der Waals surface area contributed by atoms with Crippen LogP contribution in [0.2, 0.25) is 0 Å². The zero-order valence-electron chi connectivity index (χ0n) is 15.8. The maximum Gasteiger partial charge on any atom is 0.343 e. The molecule has 6 nitrogen and oxygen atoms in total. The predicted molar refractivity (Wildman–Crippen MR) is 104 cm³/mol. The summed E-state index contributed by atoms with van der Waals surface area (Å²) in [6, 6.07) is 14.0. The molecule has 0 spiro atoms. The summed E-state index contributed by atoms with van der Waals surface area (Å²) in [5.41, 5.74) is 0.722. The van der Waals surface area contributed by atoms with E-state index in [1.807, 2.05) is 6.07 Å². The van der Waals surface area contributed by atoms with Crippen molar-refractivity contribution in [2.75, 3.05) is 13.1 Å². The molecule has 0 amide bonds. The van der Waals surface area contributed by atoms with Gasteiger partial charge in [-0.1, -0.05) is 13.8 Å². The maximum absolute atomic E-state index is 12.9. The summed E-state index contributed by atoms with van der Waals surface area (Å²) in [7, 11) is -3.59. The highest BCUT2D eigenvalue weighted by atomic mass is 32.2. The molecule has 1 fully saturated rings. The van der Waals surface area contributed by atoms with Crippen LogP contribution in [0, 0.1) is 23.2 Å². The first-order valence-electron chi connectivity index (χ1n) is 9.12. The van der Waals surface area contributed by atoms with Crippen molar-refractivity contribution in [2.45, 2.75) is 25.2 Å². The molecule has 1 saturated heterocycles. The maximum atomic E-state index is 12.9. The van der Waals surface area contributed by atoms with E-state index in [2.05, 4.69) is 13.8 Å². The minimum Gasteiger partial charge on any atom is -0.423 e. The molecule has 0 saturated carbocycles. The minimum atomic E-state index is -3.59. The average molecular weight is 398 g/mol. The predicted octanol–water partition coefficient (Wildman–Crippen LogP) is 3.44. The zero-order chi connectivity index (χ0) is 20.3. The number of rotatable bonds is 4. The van der Waals surface area contributed by atoms with E-state index in [4.69, 9.17) is 10.00 Å². The SMILES string of the molecule is C[C@H]1C[C@H](C)CN(S(=O)(=O)c2ccc(C(=O)Oc3ccc(C#N)cc3)cc2)C1. The molecule has 146 valence electrons. The van der Waals surface area contributed by atoms with Gasteiger partial charge in [-0.25, -0.2) is 13.2 Å². The van der Waals surface area contributed by atoms with Crippen LogP contribution in [0.25, 0.3) is 0 Å². The Morgan fingerprint density at radius 2 is 1.61 bits per heavy atom. The van der Waals surface area contributed by atoms with Gasteiger partial charge in [-0.15, -0.1) is 0 Å². The van der Waals surface area contributed by atoms with Crippen molar-refractivity contribution in [3.8, 4) is 11.8 Å². The number of carbonyl (C=O) groups is 1. The van der Waals surface area contributed by atoms with Crippen LogP contribution in [0.3, 0.4) is 0 Å². The Bertz CT molecular complexity index is 982. The fourth-order valence-electron chi connectivity index (χ4n) is 3.48. The van der Waals surface area contributed by atoms with Crippen LogP contribution in [0.1, 0.15) is 36.2 Å². The Morgan fingerprint density at radius 1 is 1.04 bits per heavy atom. The van der Waals surface area contributed by atoms with Gasteiger partial charge in [0.2, 0.25) is 10.0 Å². The first-order chi connectivity index (χ1) is 13.3. The van der Waals surface area contributed by atoms with Crippen molar-refractivity contribution in [3.63, 3.8) is 0 Å². The molecule has 0 unspecified atom stereocenters. The monoisotopic (exact) mass is 398 g/mol. The van der Waals surface area contributed by atoms with Gasteiger partial charge in [-0.2, -0.15) is 9.57 Å². The van der Waals surface area contributed by atoms with Gasteiger partial charge in [-0.3, -0.25) is 0 Å². The van der Waals surface area contributed by atoms with E-state index in [9.17, 15) is 13.2 Å². The Hall–Kier alpha value is -2.69. The van der Waals surface area contributed by atoms with Crippen LogP contribution in [-0.4, -0.2) is 31.8 Å². The number of nitriles is 1. The van der Waals surface area contributed by atoms with Gasteiger partial charge in [0, 0.05) is 13.1 Å². The van der Waals surface area contributed by atoms with Gasteiger partial charge in [0.1, 0.15) is 5.75 Å². The quantitative estimate of drug-likeness (QED) is 0.581. The third-order valence-corrected chi connectivity index (χ3v) is 6.60. The average Bonchev–Trinajstić information content (AvgIpc) is 2.68. The van der Waals surface area contributed by atoms with Crippen LogP contribution >= 0.6 is 0 Å².